The smallest absolute Gasteiger partial charge is 0.319 e. The Morgan fingerprint density at radius 2 is 1.94 bits per heavy atom. The highest BCUT2D eigenvalue weighted by Crippen LogP contribution is 2.42. The number of nitrogens with one attached hydrogen (secondary N) is 1. The zero-order chi connectivity index (χ0) is 24.1. The summed E-state index contributed by atoms with van der Waals surface area (Å²) in [5.74, 6) is -2.61. The molecule has 0 spiro atoms. The predicted octanol–water partition coefficient (Wildman–Crippen LogP) is 5.72. The van der Waals surface area contributed by atoms with E-state index in [9.17, 15) is 14.9 Å². The molecule has 0 aromatic heterocycles. The fraction of sp³-hybridized carbons (Fsp3) is 0.261. The molecule has 33 heavy (non-hydrogen) atoms. The number of methoxy groups -OCH3 is 1. The van der Waals surface area contributed by atoms with E-state index in [-0.39, 0.29) is 5.57 Å². The summed E-state index contributed by atoms with van der Waals surface area (Å²) in [7, 11) is 1.19. The van der Waals surface area contributed by atoms with E-state index in [1.54, 1.807) is 36.4 Å². The largest absolute Gasteiger partial charge is 0.492 e. The molecule has 0 saturated heterocycles. The lowest BCUT2D eigenvalue weighted by molar-refractivity contribution is -0.150. The SMILES string of the molecule is CCOc1ccc([C@H]2C(C#N)=C(SCc3ccc(Cl)cc3Cl)NC(=O)[C@H]2C(=O)OC)cc1Cl. The van der Waals surface area contributed by atoms with Crippen LogP contribution in [0.25, 0.3) is 0 Å². The summed E-state index contributed by atoms with van der Waals surface area (Å²) in [5, 5.41) is 14.3. The van der Waals surface area contributed by atoms with Gasteiger partial charge in [-0.15, -0.1) is 11.8 Å². The first kappa shape index (κ1) is 25.3. The molecule has 1 heterocycles. The van der Waals surface area contributed by atoms with Gasteiger partial charge in [0.25, 0.3) is 0 Å². The second kappa shape index (κ2) is 11.2. The quantitative estimate of drug-likeness (QED) is 0.368. The number of amides is 1. The Morgan fingerprint density at radius 3 is 2.55 bits per heavy atom. The van der Waals surface area contributed by atoms with Gasteiger partial charge in [0.1, 0.15) is 11.7 Å². The zero-order valence-electron chi connectivity index (χ0n) is 17.7. The van der Waals surface area contributed by atoms with Gasteiger partial charge in [-0.05, 0) is 42.3 Å². The van der Waals surface area contributed by atoms with E-state index in [1.807, 2.05) is 6.92 Å². The minimum Gasteiger partial charge on any atom is -0.492 e. The van der Waals surface area contributed by atoms with Gasteiger partial charge in [-0.3, -0.25) is 9.59 Å². The molecule has 2 aromatic carbocycles. The van der Waals surface area contributed by atoms with Crippen molar-refractivity contribution in [1.29, 1.82) is 5.26 Å². The van der Waals surface area contributed by atoms with Gasteiger partial charge in [-0.25, -0.2) is 0 Å². The number of nitrogens with zero attached hydrogens (tertiary/aromatic N) is 1. The van der Waals surface area contributed by atoms with Crippen molar-refractivity contribution < 1.29 is 19.1 Å². The van der Waals surface area contributed by atoms with Gasteiger partial charge in [-0.2, -0.15) is 5.26 Å². The maximum atomic E-state index is 13.0. The molecule has 0 bridgehead atoms. The van der Waals surface area contributed by atoms with Crippen LogP contribution in [0, 0.1) is 17.2 Å². The van der Waals surface area contributed by atoms with Crippen molar-refractivity contribution in [1.82, 2.24) is 5.32 Å². The van der Waals surface area contributed by atoms with E-state index in [0.717, 1.165) is 5.56 Å². The van der Waals surface area contributed by atoms with E-state index < -0.39 is 23.7 Å². The number of hydrogen-bond donors (Lipinski definition) is 1. The van der Waals surface area contributed by atoms with Crippen LogP contribution in [0.5, 0.6) is 5.75 Å². The highest BCUT2D eigenvalue weighted by molar-refractivity contribution is 8.02. The number of rotatable bonds is 7. The lowest BCUT2D eigenvalue weighted by Gasteiger charge is -2.31. The van der Waals surface area contributed by atoms with Crippen LogP contribution in [0.15, 0.2) is 47.0 Å². The number of ether oxygens (including phenoxy) is 2. The van der Waals surface area contributed by atoms with Crippen LogP contribution < -0.4 is 10.1 Å². The average molecular weight is 526 g/mol. The summed E-state index contributed by atoms with van der Waals surface area (Å²) < 4.78 is 10.3. The third kappa shape index (κ3) is 5.59. The number of halogens is 3. The maximum Gasteiger partial charge on any atom is 0.319 e. The lowest BCUT2D eigenvalue weighted by Crippen LogP contribution is -2.44. The van der Waals surface area contributed by atoms with Crippen LogP contribution in [-0.2, 0) is 20.1 Å². The molecule has 1 N–H and O–H groups in total. The standard InChI is InChI=1S/C23H19Cl3N2O4S/c1-3-32-18-7-5-12(8-17(18)26)19-15(10-27)22(28-21(29)20(19)23(30)31-2)33-11-13-4-6-14(24)9-16(13)25/h4-9,19-20H,3,11H2,1-2H3,(H,28,29)/t19-,20-/m0/s1. The Kier molecular flexibility index (Phi) is 8.55. The second-order valence-electron chi connectivity index (χ2n) is 6.97. The first-order valence-corrected chi connectivity index (χ1v) is 11.9. The Hall–Kier alpha value is -2.37. The molecule has 0 fully saturated rings. The Labute approximate surface area is 210 Å². The average Bonchev–Trinajstić information content (AvgIpc) is 2.79. The number of allylic oxidation sites excluding steroid dienone is 1. The van der Waals surface area contributed by atoms with Gasteiger partial charge in [0.05, 0.1) is 35.4 Å². The van der Waals surface area contributed by atoms with Gasteiger partial charge in [0.2, 0.25) is 5.91 Å². The number of esters is 1. The highest BCUT2D eigenvalue weighted by Gasteiger charge is 2.44. The second-order valence-corrected chi connectivity index (χ2v) is 9.21. The first-order valence-electron chi connectivity index (χ1n) is 9.82. The monoisotopic (exact) mass is 524 g/mol. The van der Waals surface area contributed by atoms with Crippen LogP contribution in [0.3, 0.4) is 0 Å². The van der Waals surface area contributed by atoms with Crippen LogP contribution in [0.1, 0.15) is 24.0 Å². The summed E-state index contributed by atoms with van der Waals surface area (Å²) in [6.45, 7) is 2.25. The van der Waals surface area contributed by atoms with Crippen molar-refractivity contribution in [3.8, 4) is 11.8 Å². The minimum absolute atomic E-state index is 0.223. The summed E-state index contributed by atoms with van der Waals surface area (Å²) in [4.78, 5) is 25.5. The fourth-order valence-electron chi connectivity index (χ4n) is 3.45. The zero-order valence-corrected chi connectivity index (χ0v) is 20.7. The molecule has 3 rings (SSSR count). The minimum atomic E-state index is -1.25. The van der Waals surface area contributed by atoms with Crippen LogP contribution in [-0.4, -0.2) is 25.6 Å². The highest BCUT2D eigenvalue weighted by atomic mass is 35.5. The van der Waals surface area contributed by atoms with Crippen LogP contribution in [0.2, 0.25) is 15.1 Å². The van der Waals surface area contributed by atoms with Gasteiger partial charge >= 0.3 is 5.97 Å². The number of carbonyl (C=O) groups is 2. The first-order chi connectivity index (χ1) is 15.8. The van der Waals surface area contributed by atoms with Gasteiger partial charge < -0.3 is 14.8 Å². The topological polar surface area (TPSA) is 88.4 Å². The third-order valence-corrected chi connectivity index (χ3v) is 6.93. The maximum absolute atomic E-state index is 13.0. The van der Waals surface area contributed by atoms with E-state index in [0.29, 0.717) is 43.8 Å². The molecule has 6 nitrogen and oxygen atoms in total. The summed E-state index contributed by atoms with van der Waals surface area (Å²) in [6.07, 6.45) is 0. The van der Waals surface area contributed by atoms with Crippen molar-refractivity contribution in [3.05, 3.63) is 73.2 Å². The molecule has 172 valence electrons. The van der Waals surface area contributed by atoms with E-state index in [2.05, 4.69) is 11.4 Å². The van der Waals surface area contributed by atoms with E-state index >= 15 is 0 Å². The Balaban J connectivity index is 2.04. The van der Waals surface area contributed by atoms with Crippen molar-refractivity contribution in [2.45, 2.75) is 18.6 Å². The molecule has 1 aliphatic heterocycles. The molecule has 0 radical (unpaired) electrons. The van der Waals surface area contributed by atoms with Crippen molar-refractivity contribution in [3.63, 3.8) is 0 Å². The summed E-state index contributed by atoms with van der Waals surface area (Å²) in [6, 6.07) is 12.2. The molecule has 1 amide bonds. The molecule has 0 saturated carbocycles. The predicted molar refractivity (Wildman–Crippen MR) is 129 cm³/mol. The molecule has 0 aliphatic carbocycles. The summed E-state index contributed by atoms with van der Waals surface area (Å²) >= 11 is 19.8. The number of thioether (sulfide) groups is 1. The molecule has 1 aliphatic rings. The number of nitriles is 1. The van der Waals surface area contributed by atoms with E-state index in [4.69, 9.17) is 44.3 Å². The molecule has 2 aromatic rings. The lowest BCUT2D eigenvalue weighted by atomic mass is 9.78. The number of carbonyl (C=O) groups excluding carboxylic acids is 2. The van der Waals surface area contributed by atoms with Crippen molar-refractivity contribution >= 4 is 58.4 Å². The van der Waals surface area contributed by atoms with Gasteiger partial charge in [0, 0.05) is 21.7 Å². The van der Waals surface area contributed by atoms with Crippen molar-refractivity contribution in [2.75, 3.05) is 13.7 Å². The van der Waals surface area contributed by atoms with Gasteiger partial charge in [0.15, 0.2) is 0 Å². The molecular weight excluding hydrogens is 507 g/mol. The molecule has 10 heteroatoms. The van der Waals surface area contributed by atoms with Crippen LogP contribution in [0.4, 0.5) is 0 Å². The Morgan fingerprint density at radius 1 is 1.18 bits per heavy atom. The van der Waals surface area contributed by atoms with Crippen molar-refractivity contribution in [2.24, 2.45) is 5.92 Å². The molecule has 0 unspecified atom stereocenters. The fourth-order valence-corrected chi connectivity index (χ4v) is 5.30. The Bertz CT molecular complexity index is 1160. The normalized spacial score (nSPS) is 17.9. The summed E-state index contributed by atoms with van der Waals surface area (Å²) in [5.41, 5.74) is 1.52. The third-order valence-electron chi connectivity index (χ3n) is 4.99. The van der Waals surface area contributed by atoms with Gasteiger partial charge in [-0.1, -0.05) is 46.9 Å². The van der Waals surface area contributed by atoms with Crippen LogP contribution >= 0.6 is 46.6 Å². The number of hydrogen-bond acceptors (Lipinski definition) is 6. The molecular formula is C23H19Cl3N2O4S. The van der Waals surface area contributed by atoms with E-state index in [1.165, 1.54) is 18.9 Å². The number of benzene rings is 2. The molecule has 2 atom stereocenters.